The van der Waals surface area contributed by atoms with E-state index in [4.69, 9.17) is 11.3 Å². The average molecular weight is 501 g/mol. The smallest absolute Gasteiger partial charge is 0.421 e. The minimum Gasteiger partial charge on any atom is -0.449 e. The van der Waals surface area contributed by atoms with Crippen molar-refractivity contribution >= 4 is 33.1 Å². The summed E-state index contributed by atoms with van der Waals surface area (Å²) < 4.78 is 35.2. The quantitative estimate of drug-likeness (QED) is 0.288. The predicted octanol–water partition coefficient (Wildman–Crippen LogP) is 5.62. The van der Waals surface area contributed by atoms with Gasteiger partial charge in [0.05, 0.1) is 19.5 Å². The van der Waals surface area contributed by atoms with E-state index in [-0.39, 0.29) is 10.8 Å². The number of sulfonamides is 1. The molecule has 0 aliphatic heterocycles. The van der Waals surface area contributed by atoms with Crippen molar-refractivity contribution in [2.75, 3.05) is 6.61 Å². The molecule has 3 aromatic rings. The van der Waals surface area contributed by atoms with E-state index in [0.717, 1.165) is 28.2 Å². The Morgan fingerprint density at radius 2 is 2.12 bits per heavy atom. The number of amides is 1. The first-order valence-corrected chi connectivity index (χ1v) is 13.3. The Labute approximate surface area is 204 Å². The number of benzene rings is 1. The molecule has 0 atom stereocenters. The molecule has 0 aliphatic rings. The Kier molecular flexibility index (Phi) is 8.47. The third kappa shape index (κ3) is 6.46. The molecule has 1 amide bonds. The molecule has 0 fully saturated rings. The van der Waals surface area contributed by atoms with Crippen molar-refractivity contribution < 1.29 is 17.9 Å². The van der Waals surface area contributed by atoms with Crippen molar-refractivity contribution in [1.29, 1.82) is 0 Å². The molecule has 180 valence electrons. The van der Waals surface area contributed by atoms with E-state index in [1.165, 1.54) is 0 Å². The number of nitrogens with zero attached hydrogens (tertiary/aromatic N) is 3. The summed E-state index contributed by atoms with van der Waals surface area (Å²) in [7, 11) is -4.16. The minimum absolute atomic E-state index is 0.0360. The normalized spacial score (nSPS) is 11.4. The van der Waals surface area contributed by atoms with Crippen LogP contribution in [0.2, 0.25) is 0 Å². The fourth-order valence-electron chi connectivity index (χ4n) is 3.37. The Morgan fingerprint density at radius 1 is 1.32 bits per heavy atom. The summed E-state index contributed by atoms with van der Waals surface area (Å²) in [5.74, 6) is 0.324. The molecule has 0 saturated heterocycles. The number of carbonyl (C=O) groups excluding carboxylic acids is 1. The van der Waals surface area contributed by atoms with Crippen molar-refractivity contribution in [2.24, 2.45) is 5.92 Å². The van der Waals surface area contributed by atoms with Crippen LogP contribution in [0, 0.1) is 12.5 Å². The zero-order chi connectivity index (χ0) is 24.7. The van der Waals surface area contributed by atoms with Gasteiger partial charge in [-0.3, -0.25) is 0 Å². The molecule has 1 aromatic carbocycles. The topological polar surface area (TPSA) is 94.6 Å². The van der Waals surface area contributed by atoms with Gasteiger partial charge in [-0.15, -0.1) is 11.3 Å². The van der Waals surface area contributed by atoms with Gasteiger partial charge in [0, 0.05) is 29.4 Å². The first-order valence-electron chi connectivity index (χ1n) is 11.0. The first kappa shape index (κ1) is 25.5. The highest BCUT2D eigenvalue weighted by Crippen LogP contribution is 2.38. The van der Waals surface area contributed by atoms with Gasteiger partial charge in [-0.05, 0) is 42.0 Å². The van der Waals surface area contributed by atoms with Gasteiger partial charge in [0.1, 0.15) is 4.21 Å². The van der Waals surface area contributed by atoms with Crippen molar-refractivity contribution in [3.63, 3.8) is 0 Å². The number of hydrogen-bond acceptors (Lipinski definition) is 6. The lowest BCUT2D eigenvalue weighted by atomic mass is 10.0. The summed E-state index contributed by atoms with van der Waals surface area (Å²) in [6, 6.07) is 7.16. The molecule has 8 nitrogen and oxygen atoms in total. The molecule has 0 spiro atoms. The standard InChI is InChI=1S/C24H28N4O4S2/c1-5-6-11-32-24(29)27-34(30,31)23-21(14-20(33-23)12-17(2)3)18-7-8-19(22(13-18)25-4)15-28-10-9-26-16-28/h7-10,13-14,16-17H,5-6,11-12,15H2,1-3H3,(H,27,29). The van der Waals surface area contributed by atoms with Crippen LogP contribution in [-0.2, 0) is 27.7 Å². The molecule has 34 heavy (non-hydrogen) atoms. The van der Waals surface area contributed by atoms with Crippen LogP contribution in [0.15, 0.2) is 47.2 Å². The number of ether oxygens (including phenoxy) is 1. The number of unbranched alkanes of at least 4 members (excludes halogenated alkanes) is 1. The Morgan fingerprint density at radius 3 is 2.76 bits per heavy atom. The number of thiophene rings is 1. The second-order valence-corrected chi connectivity index (χ2v) is 11.3. The van der Waals surface area contributed by atoms with Crippen LogP contribution in [-0.4, -0.2) is 30.7 Å². The fraction of sp³-hybridized carbons (Fsp3) is 0.375. The third-order valence-electron chi connectivity index (χ3n) is 4.98. The number of aromatic nitrogens is 2. The van der Waals surface area contributed by atoms with Gasteiger partial charge in [0.15, 0.2) is 5.69 Å². The van der Waals surface area contributed by atoms with E-state index in [9.17, 15) is 13.2 Å². The van der Waals surface area contributed by atoms with Gasteiger partial charge >= 0.3 is 6.09 Å². The number of rotatable bonds is 10. The second-order valence-electron chi connectivity index (χ2n) is 8.30. The molecule has 10 heteroatoms. The molecular formula is C24H28N4O4S2. The summed E-state index contributed by atoms with van der Waals surface area (Å²) in [4.78, 5) is 20.6. The van der Waals surface area contributed by atoms with Gasteiger partial charge < -0.3 is 9.30 Å². The molecule has 2 heterocycles. The number of nitrogens with one attached hydrogen (secondary N) is 1. The molecular weight excluding hydrogens is 472 g/mol. The molecule has 2 aromatic heterocycles. The van der Waals surface area contributed by atoms with Crippen LogP contribution >= 0.6 is 11.3 Å². The van der Waals surface area contributed by atoms with Crippen LogP contribution in [0.25, 0.3) is 16.0 Å². The van der Waals surface area contributed by atoms with E-state index < -0.39 is 16.1 Å². The van der Waals surface area contributed by atoms with Gasteiger partial charge in [-0.25, -0.2) is 27.8 Å². The largest absolute Gasteiger partial charge is 0.449 e. The summed E-state index contributed by atoms with van der Waals surface area (Å²) in [5, 5.41) is 0. The molecule has 3 rings (SSSR count). The SMILES string of the molecule is [C-]#[N+]c1cc(-c2cc(CC(C)C)sc2S(=O)(=O)NC(=O)OCCCC)ccc1Cn1ccnc1. The molecule has 0 saturated carbocycles. The maximum absolute atomic E-state index is 13.1. The van der Waals surface area contributed by atoms with Gasteiger partial charge in [0.25, 0.3) is 10.0 Å². The first-order chi connectivity index (χ1) is 16.2. The van der Waals surface area contributed by atoms with E-state index in [2.05, 4.69) is 23.7 Å². The lowest BCUT2D eigenvalue weighted by Gasteiger charge is -2.10. The fourth-order valence-corrected chi connectivity index (χ4v) is 6.21. The predicted molar refractivity (Wildman–Crippen MR) is 132 cm³/mol. The van der Waals surface area contributed by atoms with Crippen molar-refractivity contribution in [3.8, 4) is 11.1 Å². The Hall–Kier alpha value is -3.16. The molecule has 0 unspecified atom stereocenters. The molecule has 1 N–H and O–H groups in total. The van der Waals surface area contributed by atoms with E-state index >= 15 is 0 Å². The lowest BCUT2D eigenvalue weighted by molar-refractivity contribution is 0.151. The van der Waals surface area contributed by atoms with E-state index in [1.807, 2.05) is 34.5 Å². The van der Waals surface area contributed by atoms with Gasteiger partial charge in [0.2, 0.25) is 0 Å². The van der Waals surface area contributed by atoms with Crippen LogP contribution < -0.4 is 4.72 Å². The number of hydrogen-bond donors (Lipinski definition) is 1. The monoisotopic (exact) mass is 500 g/mol. The number of imidazole rings is 1. The zero-order valence-electron chi connectivity index (χ0n) is 19.4. The maximum Gasteiger partial charge on any atom is 0.421 e. The summed E-state index contributed by atoms with van der Waals surface area (Å²) in [6.45, 7) is 14.3. The summed E-state index contributed by atoms with van der Waals surface area (Å²) in [6.07, 6.45) is 6.35. The highest BCUT2D eigenvalue weighted by Gasteiger charge is 2.26. The Balaban J connectivity index is 1.98. The van der Waals surface area contributed by atoms with Crippen molar-refractivity contribution in [2.45, 2.75) is 50.8 Å². The third-order valence-corrected chi connectivity index (χ3v) is 7.98. The van der Waals surface area contributed by atoms with Gasteiger partial charge in [-0.2, -0.15) is 0 Å². The summed E-state index contributed by atoms with van der Waals surface area (Å²) in [5.41, 5.74) is 2.30. The second kappa shape index (κ2) is 11.3. The van der Waals surface area contributed by atoms with Crippen molar-refractivity contribution in [1.82, 2.24) is 14.3 Å². The minimum atomic E-state index is -4.16. The van der Waals surface area contributed by atoms with Crippen molar-refractivity contribution in [3.05, 3.63) is 64.8 Å². The van der Waals surface area contributed by atoms with Crippen LogP contribution in [0.3, 0.4) is 0 Å². The number of carbonyl (C=O) groups is 1. The van der Waals surface area contributed by atoms with E-state index in [1.54, 1.807) is 24.7 Å². The Bertz CT molecular complexity index is 1270. The molecule has 0 aliphatic carbocycles. The molecule has 0 radical (unpaired) electrons. The van der Waals surface area contributed by atoms with Crippen LogP contribution in [0.5, 0.6) is 0 Å². The zero-order valence-corrected chi connectivity index (χ0v) is 21.1. The van der Waals surface area contributed by atoms with E-state index in [0.29, 0.717) is 42.1 Å². The summed E-state index contributed by atoms with van der Waals surface area (Å²) >= 11 is 1.13. The van der Waals surface area contributed by atoms with Gasteiger partial charge in [-0.1, -0.05) is 39.3 Å². The van der Waals surface area contributed by atoms with Crippen LogP contribution in [0.1, 0.15) is 44.1 Å². The molecule has 0 bridgehead atoms. The highest BCUT2D eigenvalue weighted by molar-refractivity contribution is 7.92. The lowest BCUT2D eigenvalue weighted by Crippen LogP contribution is -2.31. The average Bonchev–Trinajstić information content (AvgIpc) is 3.44. The maximum atomic E-state index is 13.1. The highest BCUT2D eigenvalue weighted by atomic mass is 32.2. The van der Waals surface area contributed by atoms with Crippen LogP contribution in [0.4, 0.5) is 10.5 Å².